The van der Waals surface area contributed by atoms with E-state index in [2.05, 4.69) is 25.5 Å². The Morgan fingerprint density at radius 2 is 2.40 bits per heavy atom. The fraction of sp³-hybridized carbons (Fsp3) is 0.222. The van der Waals surface area contributed by atoms with Gasteiger partial charge in [-0.1, -0.05) is 4.49 Å². The Morgan fingerprint density at radius 3 is 2.93 bits per heavy atom. The minimum atomic E-state index is 0.0848. The van der Waals surface area contributed by atoms with E-state index < -0.39 is 0 Å². The molecule has 2 heterocycles. The molecule has 0 radical (unpaired) electrons. The van der Waals surface area contributed by atoms with Crippen molar-refractivity contribution in [3.05, 3.63) is 31.4 Å². The summed E-state index contributed by atoms with van der Waals surface area (Å²) in [5.74, 6) is 0.0848. The molecule has 0 N–H and O–H groups in total. The number of hydrogen-bond acceptors (Lipinski definition) is 5. The lowest BCUT2D eigenvalue weighted by Crippen LogP contribution is -2.02. The average Bonchev–Trinajstić information content (AvgIpc) is 2.76. The lowest BCUT2D eigenvalue weighted by Gasteiger charge is -1.96. The van der Waals surface area contributed by atoms with E-state index in [0.717, 1.165) is 26.6 Å². The molecule has 0 atom stereocenters. The molecule has 0 spiro atoms. The van der Waals surface area contributed by atoms with Gasteiger partial charge in [0.15, 0.2) is 5.78 Å². The second kappa shape index (κ2) is 4.51. The van der Waals surface area contributed by atoms with Crippen molar-refractivity contribution in [3.63, 3.8) is 0 Å². The number of aryl methyl sites for hydroxylation is 1. The molecule has 15 heavy (non-hydrogen) atoms. The van der Waals surface area contributed by atoms with E-state index in [1.54, 1.807) is 18.3 Å². The minimum Gasteiger partial charge on any atom is -0.293 e. The summed E-state index contributed by atoms with van der Waals surface area (Å²) >= 11 is 6.16. The summed E-state index contributed by atoms with van der Waals surface area (Å²) in [4.78, 5) is 12.5. The Kier molecular flexibility index (Phi) is 3.28. The lowest BCUT2D eigenvalue weighted by atomic mass is 10.1. The summed E-state index contributed by atoms with van der Waals surface area (Å²) in [6.07, 6.45) is 0.412. The van der Waals surface area contributed by atoms with E-state index in [0.29, 0.717) is 11.3 Å². The first-order chi connectivity index (χ1) is 7.18. The molecule has 0 aromatic carbocycles. The molecule has 2 aromatic rings. The van der Waals surface area contributed by atoms with Gasteiger partial charge in [0.25, 0.3) is 0 Å². The summed E-state index contributed by atoms with van der Waals surface area (Å²) in [7, 11) is 0. The summed E-state index contributed by atoms with van der Waals surface area (Å²) in [5, 5.41) is 5.79. The number of hydrogen-bond donors (Lipinski definition) is 0. The van der Waals surface area contributed by atoms with Crippen LogP contribution in [0.5, 0.6) is 0 Å². The molecule has 0 fully saturated rings. The molecule has 78 valence electrons. The van der Waals surface area contributed by atoms with E-state index >= 15 is 0 Å². The van der Waals surface area contributed by atoms with Crippen LogP contribution < -0.4 is 0 Å². The van der Waals surface area contributed by atoms with Crippen molar-refractivity contribution in [3.8, 4) is 0 Å². The fourth-order valence-electron chi connectivity index (χ4n) is 1.19. The van der Waals surface area contributed by atoms with Gasteiger partial charge in [-0.15, -0.1) is 16.4 Å². The van der Waals surface area contributed by atoms with Gasteiger partial charge in [0.2, 0.25) is 0 Å². The van der Waals surface area contributed by atoms with Gasteiger partial charge in [0.05, 0.1) is 9.48 Å². The number of rotatable bonds is 3. The van der Waals surface area contributed by atoms with E-state index in [-0.39, 0.29) is 5.78 Å². The largest absolute Gasteiger partial charge is 0.293 e. The SMILES string of the molecule is Cc1nnsc1C(=O)Cc1ccsc1Br. The van der Waals surface area contributed by atoms with Crippen LogP contribution in [0.4, 0.5) is 0 Å². The second-order valence-electron chi connectivity index (χ2n) is 3.01. The third-order valence-electron chi connectivity index (χ3n) is 1.95. The van der Waals surface area contributed by atoms with Crippen molar-refractivity contribution in [2.45, 2.75) is 13.3 Å². The molecule has 6 heteroatoms. The number of carbonyl (C=O) groups excluding carboxylic acids is 1. The smallest absolute Gasteiger partial charge is 0.180 e. The zero-order chi connectivity index (χ0) is 10.8. The monoisotopic (exact) mass is 302 g/mol. The number of aromatic nitrogens is 2. The summed E-state index contributed by atoms with van der Waals surface area (Å²) in [6, 6.07) is 1.95. The number of carbonyl (C=O) groups is 1. The quantitative estimate of drug-likeness (QED) is 0.818. The van der Waals surface area contributed by atoms with Gasteiger partial charge in [0.1, 0.15) is 4.88 Å². The summed E-state index contributed by atoms with van der Waals surface area (Å²) in [5.41, 5.74) is 1.74. The van der Waals surface area contributed by atoms with Crippen molar-refractivity contribution in [2.75, 3.05) is 0 Å². The molecule has 0 aliphatic heterocycles. The molecule has 2 rings (SSSR count). The highest BCUT2D eigenvalue weighted by Gasteiger charge is 2.15. The first-order valence-electron chi connectivity index (χ1n) is 4.22. The van der Waals surface area contributed by atoms with Crippen LogP contribution in [-0.2, 0) is 6.42 Å². The summed E-state index contributed by atoms with van der Waals surface area (Å²) in [6.45, 7) is 1.80. The normalized spacial score (nSPS) is 10.5. The predicted molar refractivity (Wildman–Crippen MR) is 64.7 cm³/mol. The Labute approximate surface area is 103 Å². The molecule has 0 aliphatic rings. The topological polar surface area (TPSA) is 42.9 Å². The Hall–Kier alpha value is -0.590. The van der Waals surface area contributed by atoms with Gasteiger partial charge in [-0.05, 0) is 51.4 Å². The highest BCUT2D eigenvalue weighted by Crippen LogP contribution is 2.25. The number of halogens is 1. The van der Waals surface area contributed by atoms with Crippen LogP contribution in [0, 0.1) is 6.92 Å². The highest BCUT2D eigenvalue weighted by atomic mass is 79.9. The first kappa shape index (κ1) is 10.9. The molecule has 0 amide bonds. The molecule has 0 aliphatic carbocycles. The molecule has 0 unspecified atom stereocenters. The number of ketones is 1. The van der Waals surface area contributed by atoms with Gasteiger partial charge in [-0.25, -0.2) is 0 Å². The van der Waals surface area contributed by atoms with Gasteiger partial charge >= 0.3 is 0 Å². The maximum Gasteiger partial charge on any atom is 0.180 e. The summed E-state index contributed by atoms with van der Waals surface area (Å²) < 4.78 is 4.78. The van der Waals surface area contributed by atoms with Crippen LogP contribution in [0.2, 0.25) is 0 Å². The zero-order valence-electron chi connectivity index (χ0n) is 7.86. The maximum atomic E-state index is 11.9. The standard InChI is InChI=1S/C9H7BrN2OS2/c1-5-8(15-12-11-5)7(13)4-6-2-3-14-9(6)10/h2-3H,4H2,1H3. The lowest BCUT2D eigenvalue weighted by molar-refractivity contribution is 0.0996. The van der Waals surface area contributed by atoms with Crippen LogP contribution in [0.25, 0.3) is 0 Å². The van der Waals surface area contributed by atoms with Crippen molar-refractivity contribution >= 4 is 44.6 Å². The molecular weight excluding hydrogens is 296 g/mol. The van der Waals surface area contributed by atoms with Crippen LogP contribution in [0.15, 0.2) is 15.2 Å². The van der Waals surface area contributed by atoms with Gasteiger partial charge in [-0.2, -0.15) is 0 Å². The average molecular weight is 303 g/mol. The minimum absolute atomic E-state index is 0.0848. The maximum absolute atomic E-state index is 11.9. The third-order valence-corrected chi connectivity index (χ3v) is 4.63. The Balaban J connectivity index is 2.18. The fourth-order valence-corrected chi connectivity index (χ4v) is 3.02. The molecule has 2 aromatic heterocycles. The Morgan fingerprint density at radius 1 is 1.60 bits per heavy atom. The van der Waals surface area contributed by atoms with Crippen molar-refractivity contribution in [1.29, 1.82) is 0 Å². The van der Waals surface area contributed by atoms with Crippen molar-refractivity contribution in [1.82, 2.24) is 9.59 Å². The molecule has 0 bridgehead atoms. The number of Topliss-reactive ketones (excluding diaryl/α,β-unsaturated/α-hetero) is 1. The van der Waals surface area contributed by atoms with Crippen LogP contribution in [-0.4, -0.2) is 15.4 Å². The van der Waals surface area contributed by atoms with Crippen molar-refractivity contribution in [2.24, 2.45) is 0 Å². The van der Waals surface area contributed by atoms with E-state index in [4.69, 9.17) is 0 Å². The van der Waals surface area contributed by atoms with E-state index in [1.807, 2.05) is 11.4 Å². The molecular formula is C9H7BrN2OS2. The predicted octanol–water partition coefficient (Wildman–Crippen LogP) is 3.10. The van der Waals surface area contributed by atoms with Gasteiger partial charge < -0.3 is 0 Å². The van der Waals surface area contributed by atoms with Gasteiger partial charge in [0, 0.05) is 6.42 Å². The van der Waals surface area contributed by atoms with Crippen LogP contribution >= 0.6 is 38.8 Å². The van der Waals surface area contributed by atoms with Crippen LogP contribution in [0.3, 0.4) is 0 Å². The van der Waals surface area contributed by atoms with E-state index in [1.165, 1.54) is 0 Å². The Bertz CT molecular complexity index is 492. The van der Waals surface area contributed by atoms with E-state index in [9.17, 15) is 4.79 Å². The van der Waals surface area contributed by atoms with Crippen LogP contribution in [0.1, 0.15) is 20.9 Å². The second-order valence-corrected chi connectivity index (χ2v) is 6.00. The molecule has 3 nitrogen and oxygen atoms in total. The third kappa shape index (κ3) is 2.32. The van der Waals surface area contributed by atoms with Crippen molar-refractivity contribution < 1.29 is 4.79 Å². The molecule has 0 saturated carbocycles. The molecule has 0 saturated heterocycles. The van der Waals surface area contributed by atoms with Gasteiger partial charge in [-0.3, -0.25) is 4.79 Å². The first-order valence-corrected chi connectivity index (χ1v) is 6.67. The highest BCUT2D eigenvalue weighted by molar-refractivity contribution is 9.11. The number of thiophene rings is 1. The zero-order valence-corrected chi connectivity index (χ0v) is 11.1. The number of nitrogens with zero attached hydrogens (tertiary/aromatic N) is 2.